The Hall–Kier alpha value is -2.07. The van der Waals surface area contributed by atoms with E-state index >= 15 is 0 Å². The van der Waals surface area contributed by atoms with Gasteiger partial charge < -0.3 is 15.4 Å². The highest BCUT2D eigenvalue weighted by Crippen LogP contribution is 2.34. The third-order valence-corrected chi connectivity index (χ3v) is 3.82. The highest BCUT2D eigenvalue weighted by molar-refractivity contribution is 5.56. The van der Waals surface area contributed by atoms with Crippen molar-refractivity contribution in [1.29, 1.82) is 0 Å². The smallest absolute Gasteiger partial charge is 0.148 e. The highest BCUT2D eigenvalue weighted by atomic mass is 19.1. The van der Waals surface area contributed by atoms with Crippen LogP contribution in [0.5, 0.6) is 0 Å². The number of rotatable bonds is 4. The molecule has 110 valence electrons. The van der Waals surface area contributed by atoms with Crippen molar-refractivity contribution < 1.29 is 9.13 Å². The molecule has 2 atom stereocenters. The zero-order valence-corrected chi connectivity index (χ0v) is 12.0. The van der Waals surface area contributed by atoms with Crippen molar-refractivity contribution in [2.45, 2.75) is 19.8 Å². The van der Waals surface area contributed by atoms with Crippen LogP contribution in [0.4, 0.5) is 15.8 Å². The highest BCUT2D eigenvalue weighted by Gasteiger charge is 2.37. The molecule has 2 unspecified atom stereocenters. The SMILES string of the molecule is CC1CN(c2ccc(N)cc2F)C1OCc1ccccc1. The Kier molecular flexibility index (Phi) is 3.80. The zero-order valence-electron chi connectivity index (χ0n) is 12.0. The van der Waals surface area contributed by atoms with Gasteiger partial charge in [0.1, 0.15) is 12.0 Å². The summed E-state index contributed by atoms with van der Waals surface area (Å²) in [7, 11) is 0. The van der Waals surface area contributed by atoms with Crippen LogP contribution in [0.15, 0.2) is 48.5 Å². The summed E-state index contributed by atoms with van der Waals surface area (Å²) in [5, 5.41) is 0. The minimum atomic E-state index is -0.296. The first-order chi connectivity index (χ1) is 10.1. The minimum absolute atomic E-state index is 0.0941. The average Bonchev–Trinajstić information content (AvgIpc) is 2.47. The van der Waals surface area contributed by atoms with Crippen LogP contribution in [0.3, 0.4) is 0 Å². The number of nitrogen functional groups attached to an aromatic ring is 1. The lowest BCUT2D eigenvalue weighted by Crippen LogP contribution is -2.56. The number of benzene rings is 2. The van der Waals surface area contributed by atoms with Gasteiger partial charge in [0.15, 0.2) is 0 Å². The monoisotopic (exact) mass is 286 g/mol. The van der Waals surface area contributed by atoms with Crippen LogP contribution < -0.4 is 10.6 Å². The van der Waals surface area contributed by atoms with Gasteiger partial charge >= 0.3 is 0 Å². The number of anilines is 2. The fraction of sp³-hybridized carbons (Fsp3) is 0.294. The number of halogens is 1. The van der Waals surface area contributed by atoms with Gasteiger partial charge in [-0.2, -0.15) is 0 Å². The fourth-order valence-corrected chi connectivity index (χ4v) is 2.68. The summed E-state index contributed by atoms with van der Waals surface area (Å²) in [5.41, 5.74) is 7.71. The molecule has 0 spiro atoms. The van der Waals surface area contributed by atoms with E-state index in [2.05, 4.69) is 6.92 Å². The van der Waals surface area contributed by atoms with E-state index < -0.39 is 0 Å². The van der Waals surface area contributed by atoms with Crippen molar-refractivity contribution in [3.8, 4) is 0 Å². The standard InChI is InChI=1S/C17H19FN2O/c1-12-10-20(16-8-7-14(19)9-15(16)18)17(12)21-11-13-5-3-2-4-6-13/h2-9,12,17H,10-11,19H2,1H3. The quantitative estimate of drug-likeness (QED) is 0.875. The van der Waals surface area contributed by atoms with Gasteiger partial charge in [-0.3, -0.25) is 0 Å². The Morgan fingerprint density at radius 2 is 2.00 bits per heavy atom. The summed E-state index contributed by atoms with van der Waals surface area (Å²) < 4.78 is 20.0. The van der Waals surface area contributed by atoms with E-state index in [1.54, 1.807) is 12.1 Å². The van der Waals surface area contributed by atoms with Gasteiger partial charge in [0.05, 0.1) is 12.3 Å². The second kappa shape index (κ2) is 5.74. The molecule has 0 bridgehead atoms. The van der Waals surface area contributed by atoms with Crippen LogP contribution in [0.25, 0.3) is 0 Å². The molecule has 0 saturated carbocycles. The van der Waals surface area contributed by atoms with Crippen LogP contribution in [0, 0.1) is 11.7 Å². The molecule has 1 heterocycles. The first-order valence-electron chi connectivity index (χ1n) is 7.12. The summed E-state index contributed by atoms with van der Waals surface area (Å²) in [6.07, 6.45) is -0.0941. The molecule has 0 aromatic heterocycles. The lowest BCUT2D eigenvalue weighted by Gasteiger charge is -2.47. The summed E-state index contributed by atoms with van der Waals surface area (Å²) in [5.74, 6) is 0.0841. The van der Waals surface area contributed by atoms with Gasteiger partial charge in [0.2, 0.25) is 0 Å². The predicted molar refractivity (Wildman–Crippen MR) is 82.3 cm³/mol. The van der Waals surface area contributed by atoms with Gasteiger partial charge in [-0.1, -0.05) is 37.3 Å². The third-order valence-electron chi connectivity index (χ3n) is 3.82. The van der Waals surface area contributed by atoms with Crippen molar-refractivity contribution in [3.05, 3.63) is 59.9 Å². The molecular formula is C17H19FN2O. The van der Waals surface area contributed by atoms with E-state index in [4.69, 9.17) is 10.5 Å². The Morgan fingerprint density at radius 1 is 1.24 bits per heavy atom. The molecule has 1 fully saturated rings. The fourth-order valence-electron chi connectivity index (χ4n) is 2.68. The van der Waals surface area contributed by atoms with Gasteiger partial charge in [-0.15, -0.1) is 0 Å². The molecule has 21 heavy (non-hydrogen) atoms. The molecule has 4 heteroatoms. The van der Waals surface area contributed by atoms with Crippen molar-refractivity contribution in [3.63, 3.8) is 0 Å². The molecule has 1 saturated heterocycles. The van der Waals surface area contributed by atoms with E-state index in [1.807, 2.05) is 35.2 Å². The second-order valence-corrected chi connectivity index (χ2v) is 5.53. The molecule has 1 aliphatic heterocycles. The van der Waals surface area contributed by atoms with Crippen LogP contribution in [-0.2, 0) is 11.3 Å². The summed E-state index contributed by atoms with van der Waals surface area (Å²) in [6.45, 7) is 3.44. The molecule has 2 aromatic carbocycles. The van der Waals surface area contributed by atoms with Crippen molar-refractivity contribution in [1.82, 2.24) is 0 Å². The normalized spacial score (nSPS) is 21.1. The van der Waals surface area contributed by atoms with Gasteiger partial charge in [0, 0.05) is 18.2 Å². The summed E-state index contributed by atoms with van der Waals surface area (Å²) in [6, 6.07) is 14.8. The summed E-state index contributed by atoms with van der Waals surface area (Å²) in [4.78, 5) is 1.95. The molecule has 3 nitrogen and oxygen atoms in total. The molecule has 3 rings (SSSR count). The number of nitrogens with zero attached hydrogens (tertiary/aromatic N) is 1. The predicted octanol–water partition coefficient (Wildman–Crippen LogP) is 3.41. The van der Waals surface area contributed by atoms with Crippen molar-refractivity contribution in [2.75, 3.05) is 17.2 Å². The largest absolute Gasteiger partial charge is 0.399 e. The number of ether oxygens (including phenoxy) is 1. The van der Waals surface area contributed by atoms with E-state index in [0.29, 0.717) is 23.9 Å². The Morgan fingerprint density at radius 3 is 2.67 bits per heavy atom. The maximum Gasteiger partial charge on any atom is 0.148 e. The first-order valence-corrected chi connectivity index (χ1v) is 7.12. The third kappa shape index (κ3) is 2.85. The van der Waals surface area contributed by atoms with Gasteiger partial charge in [0.25, 0.3) is 0 Å². The van der Waals surface area contributed by atoms with E-state index in [0.717, 1.165) is 12.1 Å². The number of hydrogen-bond acceptors (Lipinski definition) is 3. The maximum absolute atomic E-state index is 14.0. The molecule has 0 amide bonds. The molecule has 1 aliphatic rings. The first kappa shape index (κ1) is 13.9. The molecular weight excluding hydrogens is 267 g/mol. The summed E-state index contributed by atoms with van der Waals surface area (Å²) >= 11 is 0. The van der Waals surface area contributed by atoms with E-state index in [-0.39, 0.29) is 12.0 Å². The van der Waals surface area contributed by atoms with Crippen LogP contribution >= 0.6 is 0 Å². The van der Waals surface area contributed by atoms with Gasteiger partial charge in [-0.25, -0.2) is 4.39 Å². The lowest BCUT2D eigenvalue weighted by atomic mass is 9.98. The second-order valence-electron chi connectivity index (χ2n) is 5.53. The molecule has 2 N–H and O–H groups in total. The number of nitrogens with two attached hydrogens (primary N) is 1. The van der Waals surface area contributed by atoms with Crippen molar-refractivity contribution >= 4 is 11.4 Å². The van der Waals surface area contributed by atoms with E-state index in [1.165, 1.54) is 6.07 Å². The maximum atomic E-state index is 14.0. The minimum Gasteiger partial charge on any atom is -0.399 e. The zero-order chi connectivity index (χ0) is 14.8. The van der Waals surface area contributed by atoms with Crippen LogP contribution in [0.1, 0.15) is 12.5 Å². The molecule has 0 aliphatic carbocycles. The van der Waals surface area contributed by atoms with E-state index in [9.17, 15) is 4.39 Å². The van der Waals surface area contributed by atoms with Crippen molar-refractivity contribution in [2.24, 2.45) is 5.92 Å². The topological polar surface area (TPSA) is 38.5 Å². The molecule has 2 aromatic rings. The molecule has 0 radical (unpaired) electrons. The Balaban J connectivity index is 1.69. The Labute approximate surface area is 124 Å². The van der Waals surface area contributed by atoms with Gasteiger partial charge in [-0.05, 0) is 23.8 Å². The lowest BCUT2D eigenvalue weighted by molar-refractivity contribution is -0.0342. The average molecular weight is 286 g/mol. The number of hydrogen-bond donors (Lipinski definition) is 1. The van der Waals surface area contributed by atoms with Crippen LogP contribution in [-0.4, -0.2) is 12.8 Å². The Bertz CT molecular complexity index is 617. The van der Waals surface area contributed by atoms with Crippen LogP contribution in [0.2, 0.25) is 0 Å².